The first kappa shape index (κ1) is 24.7. The Labute approximate surface area is 195 Å². The van der Waals surface area contributed by atoms with Gasteiger partial charge in [0.2, 0.25) is 5.95 Å². The summed E-state index contributed by atoms with van der Waals surface area (Å²) in [7, 11) is 0. The molecule has 0 fully saturated rings. The van der Waals surface area contributed by atoms with Crippen LogP contribution in [-0.4, -0.2) is 31.3 Å². The van der Waals surface area contributed by atoms with Crippen molar-refractivity contribution in [1.82, 2.24) is 14.1 Å². The smallest absolute Gasteiger partial charge is 0.355 e. The van der Waals surface area contributed by atoms with Gasteiger partial charge in [0, 0.05) is 18.3 Å². The Hall–Kier alpha value is -3.95. The molecule has 0 atom stereocenters. The lowest BCUT2D eigenvalue weighted by molar-refractivity contribution is -0.137. The molecule has 180 valence electrons. The van der Waals surface area contributed by atoms with Crippen LogP contribution in [0.5, 0.6) is 5.75 Å². The van der Waals surface area contributed by atoms with Gasteiger partial charge in [-0.15, -0.1) is 0 Å². The van der Waals surface area contributed by atoms with Crippen LogP contribution in [0.4, 0.5) is 16.0 Å². The third-order valence-electron chi connectivity index (χ3n) is 5.05. The lowest BCUT2D eigenvalue weighted by Gasteiger charge is -2.16. The second kappa shape index (κ2) is 10.8. The van der Waals surface area contributed by atoms with Gasteiger partial charge in [0.25, 0.3) is 0 Å². The summed E-state index contributed by atoms with van der Waals surface area (Å²) in [4.78, 5) is 40.4. The highest BCUT2D eigenvalue weighted by Crippen LogP contribution is 2.23. The van der Waals surface area contributed by atoms with E-state index in [2.05, 4.69) is 10.3 Å². The Morgan fingerprint density at radius 3 is 2.38 bits per heavy atom. The Balaban J connectivity index is 1.96. The Morgan fingerprint density at radius 2 is 1.79 bits per heavy atom. The predicted molar refractivity (Wildman–Crippen MR) is 125 cm³/mol. The van der Waals surface area contributed by atoms with E-state index in [1.165, 1.54) is 28.3 Å². The highest BCUT2D eigenvalue weighted by molar-refractivity contribution is 5.66. The SMILES string of the molecule is CCc1ccc(CCn2c(Nc3ccc(OC(C)C)c(F)c3)nc(=O)n(CC(=O)O)c2=O)cc1. The van der Waals surface area contributed by atoms with Gasteiger partial charge in [-0.3, -0.25) is 9.36 Å². The Morgan fingerprint density at radius 1 is 1.12 bits per heavy atom. The van der Waals surface area contributed by atoms with Crippen molar-refractivity contribution in [3.8, 4) is 5.75 Å². The van der Waals surface area contributed by atoms with Gasteiger partial charge in [-0.05, 0) is 49.9 Å². The fourth-order valence-corrected chi connectivity index (χ4v) is 3.34. The van der Waals surface area contributed by atoms with E-state index < -0.39 is 29.7 Å². The summed E-state index contributed by atoms with van der Waals surface area (Å²) >= 11 is 0. The molecule has 0 aliphatic rings. The number of hydrogen-bond donors (Lipinski definition) is 2. The van der Waals surface area contributed by atoms with Crippen LogP contribution >= 0.6 is 0 Å². The summed E-state index contributed by atoms with van der Waals surface area (Å²) in [6.07, 6.45) is 1.12. The molecule has 0 amide bonds. The minimum atomic E-state index is -1.34. The van der Waals surface area contributed by atoms with Gasteiger partial charge >= 0.3 is 17.3 Å². The number of carboxylic acids is 1. The van der Waals surface area contributed by atoms with Gasteiger partial charge in [-0.2, -0.15) is 4.98 Å². The number of hydrogen-bond acceptors (Lipinski definition) is 6. The maximum atomic E-state index is 14.4. The van der Waals surface area contributed by atoms with E-state index in [9.17, 15) is 18.8 Å². The summed E-state index contributed by atoms with van der Waals surface area (Å²) in [6, 6.07) is 12.0. The van der Waals surface area contributed by atoms with E-state index in [0.29, 0.717) is 11.0 Å². The minimum absolute atomic E-state index is 0.0679. The maximum Gasteiger partial charge on any atom is 0.355 e. The first-order chi connectivity index (χ1) is 16.2. The summed E-state index contributed by atoms with van der Waals surface area (Å²) in [5.41, 5.74) is 0.532. The molecule has 9 nitrogen and oxygen atoms in total. The number of carboxylic acid groups (broad SMARTS) is 1. The van der Waals surface area contributed by atoms with Crippen LogP contribution in [0.15, 0.2) is 52.1 Å². The quantitative estimate of drug-likeness (QED) is 0.468. The molecule has 0 radical (unpaired) electrons. The van der Waals surface area contributed by atoms with Gasteiger partial charge in [0.05, 0.1) is 6.10 Å². The standard InChI is InChI=1S/C24H27FN4O5/c1-4-16-5-7-17(8-6-16)11-12-28-22(27-23(32)29(24(28)33)14-21(30)31)26-18-9-10-20(19(25)13-18)34-15(2)3/h5-10,13,15H,4,11-12,14H2,1-3H3,(H,30,31)(H,26,27,32). The Bertz CT molecular complexity index is 1280. The lowest BCUT2D eigenvalue weighted by atomic mass is 10.1. The highest BCUT2D eigenvalue weighted by atomic mass is 19.1. The molecule has 10 heteroatoms. The molecule has 0 unspecified atom stereocenters. The molecule has 0 aliphatic carbocycles. The third-order valence-corrected chi connectivity index (χ3v) is 5.05. The van der Waals surface area contributed by atoms with Crippen LogP contribution in [0.1, 0.15) is 31.9 Å². The fraction of sp³-hybridized carbons (Fsp3) is 0.333. The molecule has 0 bridgehead atoms. The molecule has 3 aromatic rings. The molecular formula is C24H27FN4O5. The summed E-state index contributed by atoms with van der Waals surface area (Å²) in [6.45, 7) is 4.91. The van der Waals surface area contributed by atoms with Crippen LogP contribution in [0.3, 0.4) is 0 Å². The second-order valence-electron chi connectivity index (χ2n) is 7.99. The first-order valence-electron chi connectivity index (χ1n) is 10.9. The number of aryl methyl sites for hydroxylation is 2. The number of carbonyl (C=O) groups is 1. The van der Waals surface area contributed by atoms with Crippen LogP contribution in [0.25, 0.3) is 0 Å². The third kappa shape index (κ3) is 6.09. The van der Waals surface area contributed by atoms with Crippen molar-refractivity contribution in [3.05, 3.63) is 80.4 Å². The summed E-state index contributed by atoms with van der Waals surface area (Å²) < 4.78 is 21.5. The second-order valence-corrected chi connectivity index (χ2v) is 7.99. The van der Waals surface area contributed by atoms with Crippen molar-refractivity contribution in [2.45, 2.75) is 52.8 Å². The van der Waals surface area contributed by atoms with Crippen LogP contribution in [0, 0.1) is 5.82 Å². The van der Waals surface area contributed by atoms with Crippen molar-refractivity contribution in [1.29, 1.82) is 0 Å². The number of anilines is 2. The van der Waals surface area contributed by atoms with E-state index in [1.807, 2.05) is 31.2 Å². The number of aromatic nitrogens is 3. The lowest BCUT2D eigenvalue weighted by Crippen LogP contribution is -2.44. The zero-order valence-corrected chi connectivity index (χ0v) is 19.2. The average Bonchev–Trinajstić information content (AvgIpc) is 2.78. The molecule has 34 heavy (non-hydrogen) atoms. The highest BCUT2D eigenvalue weighted by Gasteiger charge is 2.16. The maximum absolute atomic E-state index is 14.4. The van der Waals surface area contributed by atoms with Crippen LogP contribution in [0.2, 0.25) is 0 Å². The van der Waals surface area contributed by atoms with E-state index in [4.69, 9.17) is 9.84 Å². The number of nitrogens with zero attached hydrogens (tertiary/aromatic N) is 3. The van der Waals surface area contributed by atoms with Gasteiger partial charge in [-0.25, -0.2) is 18.5 Å². The van der Waals surface area contributed by atoms with E-state index >= 15 is 0 Å². The largest absolute Gasteiger partial charge is 0.488 e. The molecular weight excluding hydrogens is 443 g/mol. The number of ether oxygens (including phenoxy) is 1. The van der Waals surface area contributed by atoms with Crippen molar-refractivity contribution >= 4 is 17.6 Å². The number of nitrogens with one attached hydrogen (secondary N) is 1. The average molecular weight is 471 g/mol. The van der Waals surface area contributed by atoms with Crippen LogP contribution in [-0.2, 0) is 30.7 Å². The zero-order valence-electron chi connectivity index (χ0n) is 19.2. The van der Waals surface area contributed by atoms with Gasteiger partial charge in [0.15, 0.2) is 11.6 Å². The fourth-order valence-electron chi connectivity index (χ4n) is 3.34. The molecule has 1 aromatic heterocycles. The van der Waals surface area contributed by atoms with Crippen molar-refractivity contribution in [2.75, 3.05) is 5.32 Å². The van der Waals surface area contributed by atoms with E-state index in [-0.39, 0.29) is 30.0 Å². The van der Waals surface area contributed by atoms with Gasteiger partial charge in [0.1, 0.15) is 6.54 Å². The normalized spacial score (nSPS) is 11.0. The molecule has 0 spiro atoms. The topological polar surface area (TPSA) is 115 Å². The number of aliphatic carboxylic acids is 1. The van der Waals surface area contributed by atoms with Crippen LogP contribution < -0.4 is 21.4 Å². The van der Waals surface area contributed by atoms with E-state index in [1.54, 1.807) is 13.8 Å². The predicted octanol–water partition coefficient (Wildman–Crippen LogP) is 2.96. The number of rotatable bonds is 10. The van der Waals surface area contributed by atoms with Crippen molar-refractivity contribution < 1.29 is 19.0 Å². The summed E-state index contributed by atoms with van der Waals surface area (Å²) in [5.74, 6) is -2.01. The number of halogens is 1. The molecule has 0 saturated carbocycles. The summed E-state index contributed by atoms with van der Waals surface area (Å²) in [5, 5.41) is 11.9. The minimum Gasteiger partial charge on any atom is -0.488 e. The van der Waals surface area contributed by atoms with Gasteiger partial charge in [-0.1, -0.05) is 31.2 Å². The molecule has 1 heterocycles. The number of benzene rings is 2. The molecule has 2 N–H and O–H groups in total. The van der Waals surface area contributed by atoms with Crippen molar-refractivity contribution in [3.63, 3.8) is 0 Å². The van der Waals surface area contributed by atoms with E-state index in [0.717, 1.165) is 12.0 Å². The molecule has 2 aromatic carbocycles. The first-order valence-corrected chi connectivity index (χ1v) is 10.9. The van der Waals surface area contributed by atoms with Gasteiger partial charge < -0.3 is 15.2 Å². The Kier molecular flexibility index (Phi) is 7.83. The zero-order chi connectivity index (χ0) is 24.8. The monoisotopic (exact) mass is 470 g/mol. The molecule has 0 aliphatic heterocycles. The molecule has 0 saturated heterocycles. The molecule has 3 rings (SSSR count). The van der Waals surface area contributed by atoms with Crippen molar-refractivity contribution in [2.24, 2.45) is 0 Å².